The van der Waals surface area contributed by atoms with E-state index in [4.69, 9.17) is 0 Å². The molecule has 1 N–H and O–H groups in total. The van der Waals surface area contributed by atoms with Crippen molar-refractivity contribution >= 4 is 16.8 Å². The maximum absolute atomic E-state index is 13.3. The van der Waals surface area contributed by atoms with Crippen LogP contribution in [0.5, 0.6) is 0 Å². The van der Waals surface area contributed by atoms with Crippen LogP contribution in [-0.4, -0.2) is 33.9 Å². The Morgan fingerprint density at radius 2 is 2.21 bits per heavy atom. The van der Waals surface area contributed by atoms with Crippen LogP contribution >= 0.6 is 0 Å². The number of carbonyl (C=O) groups excluding carboxylic acids is 1. The van der Waals surface area contributed by atoms with Crippen LogP contribution < -0.4 is 0 Å². The van der Waals surface area contributed by atoms with Gasteiger partial charge in [0, 0.05) is 35.9 Å². The maximum atomic E-state index is 13.3. The van der Waals surface area contributed by atoms with Crippen molar-refractivity contribution < 1.29 is 9.18 Å². The van der Waals surface area contributed by atoms with Crippen LogP contribution in [0.25, 0.3) is 10.9 Å². The van der Waals surface area contributed by atoms with Gasteiger partial charge >= 0.3 is 0 Å². The molecule has 1 aliphatic heterocycles. The molecule has 1 saturated heterocycles. The zero-order valence-electron chi connectivity index (χ0n) is 13.2. The molecule has 0 spiro atoms. The molecule has 5 heteroatoms. The highest BCUT2D eigenvalue weighted by molar-refractivity contribution is 5.98. The lowest BCUT2D eigenvalue weighted by Gasteiger charge is -2.15. The van der Waals surface area contributed by atoms with Crippen molar-refractivity contribution in [1.82, 2.24) is 14.9 Å². The van der Waals surface area contributed by atoms with E-state index in [0.29, 0.717) is 11.6 Å². The van der Waals surface area contributed by atoms with Gasteiger partial charge in [0.05, 0.1) is 0 Å². The summed E-state index contributed by atoms with van der Waals surface area (Å²) in [7, 11) is 0. The van der Waals surface area contributed by atoms with Gasteiger partial charge in [0.1, 0.15) is 11.5 Å². The van der Waals surface area contributed by atoms with Crippen molar-refractivity contribution in [3.63, 3.8) is 0 Å². The molecule has 1 atom stereocenters. The summed E-state index contributed by atoms with van der Waals surface area (Å²) in [5.41, 5.74) is 2.37. The summed E-state index contributed by atoms with van der Waals surface area (Å²) in [6.45, 7) is 1.49. The second-order valence-corrected chi connectivity index (χ2v) is 6.35. The number of aromatic nitrogens is 2. The number of nitrogens with one attached hydrogen (secondary N) is 1. The fraction of sp³-hybridized carbons (Fsp3) is 0.263. The Morgan fingerprint density at radius 1 is 1.29 bits per heavy atom. The van der Waals surface area contributed by atoms with Gasteiger partial charge in [0.25, 0.3) is 5.91 Å². The molecule has 0 aliphatic carbocycles. The molecule has 4 nitrogen and oxygen atoms in total. The third-order valence-corrected chi connectivity index (χ3v) is 4.61. The largest absolute Gasteiger partial charge is 0.351 e. The van der Waals surface area contributed by atoms with E-state index in [1.54, 1.807) is 18.3 Å². The standard InChI is InChI=1S/C19H18FN3O/c20-15-4-5-17-14(10-15)11-18(22-17)19(24)23-8-6-13(12-23)9-16-3-1-2-7-21-16/h1-5,7,10-11,13,22H,6,8-9,12H2. The fourth-order valence-electron chi connectivity index (χ4n) is 3.39. The van der Waals surface area contributed by atoms with Crippen molar-refractivity contribution in [3.8, 4) is 0 Å². The first kappa shape index (κ1) is 14.9. The smallest absolute Gasteiger partial charge is 0.270 e. The third kappa shape index (κ3) is 2.89. The van der Waals surface area contributed by atoms with Crippen molar-refractivity contribution in [1.29, 1.82) is 0 Å². The number of fused-ring (bicyclic) bond motifs is 1. The molecule has 0 saturated carbocycles. The molecule has 1 unspecified atom stereocenters. The molecule has 2 aromatic heterocycles. The Hall–Kier alpha value is -2.69. The topological polar surface area (TPSA) is 49.0 Å². The van der Waals surface area contributed by atoms with Crippen LogP contribution in [0.15, 0.2) is 48.7 Å². The molecule has 1 aliphatic rings. The number of aromatic amines is 1. The molecule has 1 fully saturated rings. The maximum Gasteiger partial charge on any atom is 0.270 e. The van der Waals surface area contributed by atoms with Gasteiger partial charge in [-0.3, -0.25) is 9.78 Å². The van der Waals surface area contributed by atoms with E-state index in [1.807, 2.05) is 23.1 Å². The number of benzene rings is 1. The monoisotopic (exact) mass is 323 g/mol. The fourth-order valence-corrected chi connectivity index (χ4v) is 3.39. The summed E-state index contributed by atoms with van der Waals surface area (Å²) in [6, 6.07) is 12.2. The molecule has 3 heterocycles. The Morgan fingerprint density at radius 3 is 3.04 bits per heavy atom. The lowest BCUT2D eigenvalue weighted by Crippen LogP contribution is -2.29. The van der Waals surface area contributed by atoms with Gasteiger partial charge in [-0.15, -0.1) is 0 Å². The van der Waals surface area contributed by atoms with E-state index in [1.165, 1.54) is 12.1 Å². The molecule has 0 radical (unpaired) electrons. The number of amides is 1. The summed E-state index contributed by atoms with van der Waals surface area (Å²) >= 11 is 0. The lowest BCUT2D eigenvalue weighted by molar-refractivity contribution is 0.0782. The van der Waals surface area contributed by atoms with Crippen LogP contribution in [-0.2, 0) is 6.42 Å². The van der Waals surface area contributed by atoms with Crippen LogP contribution in [0, 0.1) is 11.7 Å². The Balaban J connectivity index is 1.46. The van der Waals surface area contributed by atoms with Crippen LogP contribution in [0.4, 0.5) is 4.39 Å². The molecular weight excluding hydrogens is 305 g/mol. The second-order valence-electron chi connectivity index (χ2n) is 6.35. The lowest BCUT2D eigenvalue weighted by atomic mass is 10.0. The molecule has 3 aromatic rings. The van der Waals surface area contributed by atoms with E-state index in [0.717, 1.165) is 42.5 Å². The van der Waals surface area contributed by atoms with Gasteiger partial charge in [-0.1, -0.05) is 6.07 Å². The van der Waals surface area contributed by atoms with Crippen molar-refractivity contribution in [2.75, 3.05) is 13.1 Å². The average molecular weight is 323 g/mol. The highest BCUT2D eigenvalue weighted by Gasteiger charge is 2.28. The van der Waals surface area contributed by atoms with Crippen LogP contribution in [0.1, 0.15) is 22.6 Å². The van der Waals surface area contributed by atoms with Gasteiger partial charge in [0.15, 0.2) is 0 Å². The first-order valence-corrected chi connectivity index (χ1v) is 8.16. The average Bonchev–Trinajstić information content (AvgIpc) is 3.21. The van der Waals surface area contributed by atoms with E-state index in [-0.39, 0.29) is 11.7 Å². The number of pyridine rings is 1. The Kier molecular flexibility index (Phi) is 3.76. The zero-order chi connectivity index (χ0) is 16.5. The number of nitrogens with zero attached hydrogens (tertiary/aromatic N) is 2. The van der Waals surface area contributed by atoms with E-state index in [2.05, 4.69) is 9.97 Å². The zero-order valence-corrected chi connectivity index (χ0v) is 13.2. The summed E-state index contributed by atoms with van der Waals surface area (Å²) in [5, 5.41) is 0.725. The minimum atomic E-state index is -0.294. The number of hydrogen-bond acceptors (Lipinski definition) is 2. The van der Waals surface area contributed by atoms with Gasteiger partial charge in [0.2, 0.25) is 0 Å². The first-order valence-electron chi connectivity index (χ1n) is 8.16. The molecule has 4 rings (SSSR count). The minimum absolute atomic E-state index is 0.0184. The number of likely N-dealkylation sites (tertiary alicyclic amines) is 1. The van der Waals surface area contributed by atoms with Gasteiger partial charge in [-0.05, 0) is 55.2 Å². The highest BCUT2D eigenvalue weighted by Crippen LogP contribution is 2.23. The summed E-state index contributed by atoms with van der Waals surface area (Å²) in [4.78, 5) is 22.0. The second kappa shape index (κ2) is 6.07. The first-order chi connectivity index (χ1) is 11.7. The van der Waals surface area contributed by atoms with Gasteiger partial charge in [-0.25, -0.2) is 4.39 Å². The SMILES string of the molecule is O=C(c1cc2cc(F)ccc2[nH]1)N1CCC(Cc2ccccn2)C1. The predicted molar refractivity (Wildman–Crippen MR) is 90.2 cm³/mol. The molecule has 0 bridgehead atoms. The van der Waals surface area contributed by atoms with Crippen molar-refractivity contribution in [3.05, 3.63) is 65.9 Å². The van der Waals surface area contributed by atoms with E-state index in [9.17, 15) is 9.18 Å². The summed E-state index contributed by atoms with van der Waals surface area (Å²) in [6.07, 6.45) is 3.68. The minimum Gasteiger partial charge on any atom is -0.351 e. The van der Waals surface area contributed by atoms with Crippen LogP contribution in [0.2, 0.25) is 0 Å². The Labute approximate surface area is 139 Å². The third-order valence-electron chi connectivity index (χ3n) is 4.61. The van der Waals surface area contributed by atoms with E-state index >= 15 is 0 Å². The molecule has 24 heavy (non-hydrogen) atoms. The van der Waals surface area contributed by atoms with Gasteiger partial charge < -0.3 is 9.88 Å². The highest BCUT2D eigenvalue weighted by atomic mass is 19.1. The summed E-state index contributed by atoms with van der Waals surface area (Å²) < 4.78 is 13.3. The molecular formula is C19H18FN3O. The number of H-pyrrole nitrogens is 1. The van der Waals surface area contributed by atoms with Crippen LogP contribution in [0.3, 0.4) is 0 Å². The van der Waals surface area contributed by atoms with Gasteiger partial charge in [-0.2, -0.15) is 0 Å². The predicted octanol–water partition coefficient (Wildman–Crippen LogP) is 3.41. The number of carbonyl (C=O) groups is 1. The normalized spacial score (nSPS) is 17.5. The number of rotatable bonds is 3. The molecule has 122 valence electrons. The van der Waals surface area contributed by atoms with Crippen molar-refractivity contribution in [2.45, 2.75) is 12.8 Å². The molecule has 1 aromatic carbocycles. The van der Waals surface area contributed by atoms with Crippen molar-refractivity contribution in [2.24, 2.45) is 5.92 Å². The molecule has 1 amide bonds. The number of halogens is 1. The van der Waals surface area contributed by atoms with E-state index < -0.39 is 0 Å². The quantitative estimate of drug-likeness (QED) is 0.803. The number of hydrogen-bond donors (Lipinski definition) is 1. The Bertz CT molecular complexity index is 875. The summed E-state index contributed by atoms with van der Waals surface area (Å²) in [5.74, 6) is 0.123.